The number of amides is 2. The van der Waals surface area contributed by atoms with Crippen molar-refractivity contribution in [3.8, 4) is 5.75 Å². The van der Waals surface area contributed by atoms with Gasteiger partial charge in [0, 0.05) is 18.9 Å². The molecule has 6 nitrogen and oxygen atoms in total. The van der Waals surface area contributed by atoms with Crippen LogP contribution in [-0.4, -0.2) is 40.9 Å². The molecule has 0 aromatic heterocycles. The van der Waals surface area contributed by atoms with Crippen LogP contribution < -0.4 is 4.74 Å². The molecule has 1 N–H and O–H groups in total. The Kier molecular flexibility index (Phi) is 3.97. The lowest BCUT2D eigenvalue weighted by atomic mass is 10.2. The number of imide groups is 1. The van der Waals surface area contributed by atoms with E-state index in [9.17, 15) is 18.8 Å². The molecule has 106 valence electrons. The Labute approximate surface area is 113 Å². The SMILES string of the molecule is O=C(O)c1ccc(OCCN2C(=O)CCC2=O)cc1F. The fraction of sp³-hybridized carbons (Fsp3) is 0.308. The van der Waals surface area contributed by atoms with Gasteiger partial charge < -0.3 is 9.84 Å². The maximum atomic E-state index is 13.4. The molecule has 1 heterocycles. The van der Waals surface area contributed by atoms with Gasteiger partial charge in [0.05, 0.1) is 12.1 Å². The number of ether oxygens (including phenoxy) is 1. The molecule has 0 unspecified atom stereocenters. The summed E-state index contributed by atoms with van der Waals surface area (Å²) in [6.07, 6.45) is 0.418. The van der Waals surface area contributed by atoms with Crippen molar-refractivity contribution in [3.63, 3.8) is 0 Å². The number of carbonyl (C=O) groups excluding carboxylic acids is 2. The van der Waals surface area contributed by atoms with Crippen LogP contribution in [-0.2, 0) is 9.59 Å². The number of rotatable bonds is 5. The lowest BCUT2D eigenvalue weighted by Crippen LogP contribution is -2.33. The first-order chi connectivity index (χ1) is 9.49. The first-order valence-corrected chi connectivity index (χ1v) is 5.98. The van der Waals surface area contributed by atoms with Gasteiger partial charge >= 0.3 is 5.97 Å². The van der Waals surface area contributed by atoms with Crippen LogP contribution in [0.4, 0.5) is 4.39 Å². The fourth-order valence-electron chi connectivity index (χ4n) is 1.89. The molecule has 0 spiro atoms. The summed E-state index contributed by atoms with van der Waals surface area (Å²) in [5, 5.41) is 8.67. The minimum atomic E-state index is -1.36. The highest BCUT2D eigenvalue weighted by Gasteiger charge is 2.28. The van der Waals surface area contributed by atoms with Crippen molar-refractivity contribution in [1.82, 2.24) is 4.90 Å². The minimum Gasteiger partial charge on any atom is -0.492 e. The van der Waals surface area contributed by atoms with E-state index in [1.165, 1.54) is 6.07 Å². The van der Waals surface area contributed by atoms with Gasteiger partial charge in [-0.25, -0.2) is 9.18 Å². The van der Waals surface area contributed by atoms with Crippen LogP contribution in [0.2, 0.25) is 0 Å². The van der Waals surface area contributed by atoms with Crippen LogP contribution in [0.5, 0.6) is 5.75 Å². The summed E-state index contributed by atoms with van der Waals surface area (Å²) in [7, 11) is 0. The molecular weight excluding hydrogens is 269 g/mol. The minimum absolute atomic E-state index is 0.0311. The zero-order chi connectivity index (χ0) is 14.7. The summed E-state index contributed by atoms with van der Waals surface area (Å²) in [5.74, 6) is -2.60. The molecule has 2 rings (SSSR count). The van der Waals surface area contributed by atoms with Gasteiger partial charge in [-0.1, -0.05) is 0 Å². The summed E-state index contributed by atoms with van der Waals surface area (Å²) in [4.78, 5) is 34.4. The Bertz CT molecular complexity index is 556. The van der Waals surface area contributed by atoms with E-state index in [4.69, 9.17) is 9.84 Å². The topological polar surface area (TPSA) is 83.9 Å². The number of carboxylic acids is 1. The molecule has 0 bridgehead atoms. The van der Waals surface area contributed by atoms with E-state index in [2.05, 4.69) is 0 Å². The van der Waals surface area contributed by atoms with E-state index >= 15 is 0 Å². The number of carbonyl (C=O) groups is 3. The number of carboxylic acid groups (broad SMARTS) is 1. The third-order valence-electron chi connectivity index (χ3n) is 2.91. The Morgan fingerprint density at radius 3 is 2.50 bits per heavy atom. The zero-order valence-corrected chi connectivity index (χ0v) is 10.5. The average Bonchev–Trinajstić information content (AvgIpc) is 2.70. The van der Waals surface area contributed by atoms with Crippen molar-refractivity contribution < 1.29 is 28.6 Å². The first-order valence-electron chi connectivity index (χ1n) is 5.98. The largest absolute Gasteiger partial charge is 0.492 e. The molecule has 1 aromatic rings. The number of halogens is 1. The summed E-state index contributed by atoms with van der Waals surface area (Å²) in [5.41, 5.74) is -0.442. The lowest BCUT2D eigenvalue weighted by Gasteiger charge is -2.14. The molecule has 20 heavy (non-hydrogen) atoms. The third-order valence-corrected chi connectivity index (χ3v) is 2.91. The number of hydrogen-bond acceptors (Lipinski definition) is 4. The molecule has 0 radical (unpaired) electrons. The number of nitrogens with zero attached hydrogens (tertiary/aromatic N) is 1. The van der Waals surface area contributed by atoms with Crippen LogP contribution in [0.3, 0.4) is 0 Å². The maximum Gasteiger partial charge on any atom is 0.338 e. The van der Waals surface area contributed by atoms with Crippen molar-refractivity contribution in [2.45, 2.75) is 12.8 Å². The molecular formula is C13H12FNO5. The van der Waals surface area contributed by atoms with Crippen LogP contribution in [0.25, 0.3) is 0 Å². The van der Waals surface area contributed by atoms with Gasteiger partial charge in [0.15, 0.2) is 0 Å². The molecule has 7 heteroatoms. The monoisotopic (exact) mass is 281 g/mol. The Morgan fingerprint density at radius 2 is 1.95 bits per heavy atom. The predicted molar refractivity (Wildman–Crippen MR) is 64.8 cm³/mol. The molecule has 1 aliphatic rings. The Balaban J connectivity index is 1.91. The number of aromatic carboxylic acids is 1. The van der Waals surface area contributed by atoms with Gasteiger partial charge in [-0.2, -0.15) is 0 Å². The fourth-order valence-corrected chi connectivity index (χ4v) is 1.89. The maximum absolute atomic E-state index is 13.4. The molecule has 1 aliphatic heterocycles. The molecule has 0 aliphatic carbocycles. The van der Waals surface area contributed by atoms with E-state index in [0.717, 1.165) is 17.0 Å². The first kappa shape index (κ1) is 14.0. The molecule has 1 fully saturated rings. The van der Waals surface area contributed by atoms with Gasteiger partial charge in [0.1, 0.15) is 18.2 Å². The second-order valence-corrected chi connectivity index (χ2v) is 4.23. The van der Waals surface area contributed by atoms with Gasteiger partial charge in [-0.3, -0.25) is 14.5 Å². The second-order valence-electron chi connectivity index (χ2n) is 4.23. The van der Waals surface area contributed by atoms with Gasteiger partial charge in [0.25, 0.3) is 0 Å². The molecule has 0 atom stereocenters. The Morgan fingerprint density at radius 1 is 1.30 bits per heavy atom. The van der Waals surface area contributed by atoms with Crippen molar-refractivity contribution in [2.24, 2.45) is 0 Å². The number of hydrogen-bond donors (Lipinski definition) is 1. The second kappa shape index (κ2) is 5.68. The van der Waals surface area contributed by atoms with Gasteiger partial charge in [-0.05, 0) is 12.1 Å². The Hall–Kier alpha value is -2.44. The summed E-state index contributed by atoms with van der Waals surface area (Å²) in [6, 6.07) is 3.37. The van der Waals surface area contributed by atoms with Crippen molar-refractivity contribution in [3.05, 3.63) is 29.6 Å². The van der Waals surface area contributed by atoms with Crippen molar-refractivity contribution in [2.75, 3.05) is 13.2 Å². The highest BCUT2D eigenvalue weighted by atomic mass is 19.1. The summed E-state index contributed by atoms with van der Waals surface area (Å²) < 4.78 is 18.6. The van der Waals surface area contributed by atoms with Gasteiger partial charge in [-0.15, -0.1) is 0 Å². The summed E-state index contributed by atoms with van der Waals surface area (Å²) >= 11 is 0. The van der Waals surface area contributed by atoms with Crippen LogP contribution >= 0.6 is 0 Å². The van der Waals surface area contributed by atoms with Crippen molar-refractivity contribution in [1.29, 1.82) is 0 Å². The van der Waals surface area contributed by atoms with Crippen molar-refractivity contribution >= 4 is 17.8 Å². The van der Waals surface area contributed by atoms with Crippen LogP contribution in [0.1, 0.15) is 23.2 Å². The summed E-state index contributed by atoms with van der Waals surface area (Å²) in [6.45, 7) is 0.128. The van der Waals surface area contributed by atoms with Gasteiger partial charge in [0.2, 0.25) is 11.8 Å². The third kappa shape index (κ3) is 2.93. The predicted octanol–water partition coefficient (Wildman–Crippen LogP) is 1.05. The molecule has 1 aromatic carbocycles. The van der Waals surface area contributed by atoms with E-state index < -0.39 is 17.3 Å². The van der Waals surface area contributed by atoms with E-state index in [1.807, 2.05) is 0 Å². The average molecular weight is 281 g/mol. The van der Waals surface area contributed by atoms with E-state index in [-0.39, 0.29) is 43.6 Å². The molecule has 1 saturated heterocycles. The smallest absolute Gasteiger partial charge is 0.338 e. The van der Waals surface area contributed by atoms with Crippen LogP contribution in [0.15, 0.2) is 18.2 Å². The lowest BCUT2D eigenvalue weighted by molar-refractivity contribution is -0.138. The van der Waals surface area contributed by atoms with E-state index in [1.54, 1.807) is 0 Å². The standard InChI is InChI=1S/C13H12FNO5/c14-10-7-8(1-2-9(10)13(18)19)20-6-5-15-11(16)3-4-12(15)17/h1-2,7H,3-6H2,(H,18,19). The molecule has 0 saturated carbocycles. The quantitative estimate of drug-likeness (QED) is 0.816. The number of likely N-dealkylation sites (tertiary alicyclic amines) is 1. The highest BCUT2D eigenvalue weighted by Crippen LogP contribution is 2.17. The zero-order valence-electron chi connectivity index (χ0n) is 10.5. The van der Waals surface area contributed by atoms with E-state index in [0.29, 0.717) is 0 Å². The number of benzene rings is 1. The molecule has 2 amide bonds. The normalized spacial score (nSPS) is 14.8. The highest BCUT2D eigenvalue weighted by molar-refractivity contribution is 6.01. The van der Waals surface area contributed by atoms with Crippen LogP contribution in [0, 0.1) is 5.82 Å².